The molecule has 3 heterocycles. The summed E-state index contributed by atoms with van der Waals surface area (Å²) in [6, 6.07) is 8.33. The molecule has 7 heteroatoms. The Hall–Kier alpha value is -2.83. The minimum Gasteiger partial charge on any atom is -0.445 e. The largest absolute Gasteiger partial charge is 0.445 e. The van der Waals surface area contributed by atoms with E-state index in [4.69, 9.17) is 9.47 Å². The van der Waals surface area contributed by atoms with E-state index < -0.39 is 29.4 Å². The van der Waals surface area contributed by atoms with Crippen molar-refractivity contribution in [3.8, 4) is 0 Å². The topological polar surface area (TPSA) is 76.2 Å². The van der Waals surface area contributed by atoms with Crippen LogP contribution in [0.5, 0.6) is 0 Å². The first-order valence-electron chi connectivity index (χ1n) is 9.93. The molecule has 0 saturated carbocycles. The summed E-state index contributed by atoms with van der Waals surface area (Å²) in [7, 11) is 0. The highest BCUT2D eigenvalue weighted by Crippen LogP contribution is 2.47. The number of benzene rings is 1. The first kappa shape index (κ1) is 19.5. The Bertz CT molecular complexity index is 860. The van der Waals surface area contributed by atoms with E-state index >= 15 is 0 Å². The number of hydrogen-bond donors (Lipinski definition) is 0. The van der Waals surface area contributed by atoms with Crippen LogP contribution in [0.25, 0.3) is 0 Å². The monoisotopic (exact) mass is 398 g/mol. The standard InChI is InChI=1S/C22H26N2O5/c1-21(2,3)29-20(27)24-16-9-10-22(24)11-12-23(18(22)17(25)13-16)19(26)28-14-15-7-5-4-6-8-15/h4-10,16,18H,11-14H2,1-3H3. The van der Waals surface area contributed by atoms with Gasteiger partial charge in [-0.15, -0.1) is 0 Å². The van der Waals surface area contributed by atoms with Crippen LogP contribution in [0.4, 0.5) is 9.59 Å². The molecular weight excluding hydrogens is 372 g/mol. The van der Waals surface area contributed by atoms with Gasteiger partial charge < -0.3 is 9.47 Å². The molecular formula is C22H26N2O5. The number of carbonyl (C=O) groups excluding carboxylic acids is 3. The second kappa shape index (κ2) is 6.90. The lowest BCUT2D eigenvalue weighted by molar-refractivity contribution is -0.130. The summed E-state index contributed by atoms with van der Waals surface area (Å²) < 4.78 is 11.1. The fourth-order valence-corrected chi connectivity index (χ4v) is 4.56. The number of piperidine rings is 1. The van der Waals surface area contributed by atoms with E-state index in [0.29, 0.717) is 13.0 Å². The molecule has 0 radical (unpaired) electrons. The van der Waals surface area contributed by atoms with Crippen LogP contribution in [0, 0.1) is 0 Å². The fraction of sp³-hybridized carbons (Fsp3) is 0.500. The zero-order valence-corrected chi connectivity index (χ0v) is 17.0. The molecule has 3 unspecified atom stereocenters. The molecule has 0 N–H and O–H groups in total. The number of likely N-dealkylation sites (tertiary alicyclic amines) is 1. The molecule has 2 bridgehead atoms. The zero-order valence-electron chi connectivity index (χ0n) is 17.0. The summed E-state index contributed by atoms with van der Waals surface area (Å²) in [5.41, 5.74) is -0.619. The number of carbonyl (C=O) groups is 3. The first-order valence-corrected chi connectivity index (χ1v) is 9.93. The Balaban J connectivity index is 1.54. The minimum atomic E-state index is -0.853. The number of ketones is 1. The number of rotatable bonds is 2. The van der Waals surface area contributed by atoms with E-state index in [1.54, 1.807) is 4.90 Å². The molecule has 2 amide bonds. The van der Waals surface area contributed by atoms with Crippen LogP contribution in [-0.4, -0.2) is 57.5 Å². The Morgan fingerprint density at radius 3 is 2.59 bits per heavy atom. The predicted molar refractivity (Wildman–Crippen MR) is 105 cm³/mol. The van der Waals surface area contributed by atoms with Crippen molar-refractivity contribution in [1.82, 2.24) is 9.80 Å². The van der Waals surface area contributed by atoms with Gasteiger partial charge in [0.25, 0.3) is 0 Å². The number of amides is 2. The van der Waals surface area contributed by atoms with E-state index in [0.717, 1.165) is 5.56 Å². The van der Waals surface area contributed by atoms with Gasteiger partial charge in [0.15, 0.2) is 5.78 Å². The van der Waals surface area contributed by atoms with Crippen LogP contribution in [0.3, 0.4) is 0 Å². The molecule has 0 aliphatic carbocycles. The Kier molecular flexibility index (Phi) is 4.63. The second-order valence-electron chi connectivity index (χ2n) is 8.82. The van der Waals surface area contributed by atoms with Gasteiger partial charge in [-0.2, -0.15) is 0 Å². The SMILES string of the molecule is CC(C)(C)OC(=O)N1C2C=CC13CCN(C(=O)OCc1ccccc1)C3C(=O)C2. The van der Waals surface area contributed by atoms with E-state index in [9.17, 15) is 14.4 Å². The van der Waals surface area contributed by atoms with Crippen LogP contribution in [0.15, 0.2) is 42.5 Å². The van der Waals surface area contributed by atoms with Gasteiger partial charge in [0.1, 0.15) is 18.2 Å². The molecule has 29 heavy (non-hydrogen) atoms. The van der Waals surface area contributed by atoms with Crippen molar-refractivity contribution in [3.05, 3.63) is 48.0 Å². The van der Waals surface area contributed by atoms with Gasteiger partial charge in [-0.1, -0.05) is 42.5 Å². The number of nitrogens with zero attached hydrogens (tertiary/aromatic N) is 2. The molecule has 7 nitrogen and oxygen atoms in total. The molecule has 1 aromatic rings. The van der Waals surface area contributed by atoms with Gasteiger partial charge in [-0.25, -0.2) is 9.59 Å². The van der Waals surface area contributed by atoms with Gasteiger partial charge in [-0.05, 0) is 32.8 Å². The molecule has 1 aromatic carbocycles. The molecule has 2 saturated heterocycles. The maximum absolute atomic E-state index is 12.9. The Morgan fingerprint density at radius 1 is 1.17 bits per heavy atom. The lowest BCUT2D eigenvalue weighted by atomic mass is 9.83. The Morgan fingerprint density at radius 2 is 1.90 bits per heavy atom. The molecule has 1 spiro atoms. The molecule has 3 aliphatic heterocycles. The normalized spacial score (nSPS) is 27.8. The van der Waals surface area contributed by atoms with E-state index in [1.807, 2.05) is 63.3 Å². The highest BCUT2D eigenvalue weighted by Gasteiger charge is 2.63. The molecule has 3 aliphatic rings. The van der Waals surface area contributed by atoms with Crippen LogP contribution in [-0.2, 0) is 20.9 Å². The highest BCUT2D eigenvalue weighted by atomic mass is 16.6. The number of fused-ring (bicyclic) bond motifs is 1. The number of ether oxygens (including phenoxy) is 2. The molecule has 0 aromatic heterocycles. The predicted octanol–water partition coefficient (Wildman–Crippen LogP) is 3.28. The van der Waals surface area contributed by atoms with Crippen molar-refractivity contribution in [2.75, 3.05) is 6.54 Å². The zero-order chi connectivity index (χ0) is 20.8. The van der Waals surface area contributed by atoms with Crippen molar-refractivity contribution in [1.29, 1.82) is 0 Å². The van der Waals surface area contributed by atoms with Crippen LogP contribution in [0.2, 0.25) is 0 Å². The third-order valence-corrected chi connectivity index (χ3v) is 5.67. The van der Waals surface area contributed by atoms with E-state index in [-0.39, 0.29) is 24.9 Å². The van der Waals surface area contributed by atoms with Crippen molar-refractivity contribution in [2.45, 2.75) is 63.4 Å². The minimum absolute atomic E-state index is 0.0473. The average molecular weight is 398 g/mol. The summed E-state index contributed by atoms with van der Waals surface area (Å²) in [5, 5.41) is 0. The average Bonchev–Trinajstić information content (AvgIpc) is 3.18. The number of hydrogen-bond acceptors (Lipinski definition) is 5. The van der Waals surface area contributed by atoms with Gasteiger partial charge in [0.05, 0.1) is 11.6 Å². The van der Waals surface area contributed by atoms with Crippen LogP contribution < -0.4 is 0 Å². The summed E-state index contributed by atoms with van der Waals surface area (Å²) in [6.07, 6.45) is 3.46. The maximum Gasteiger partial charge on any atom is 0.411 e. The third kappa shape index (κ3) is 3.39. The van der Waals surface area contributed by atoms with Crippen molar-refractivity contribution in [3.63, 3.8) is 0 Å². The van der Waals surface area contributed by atoms with Gasteiger partial charge in [0, 0.05) is 13.0 Å². The summed E-state index contributed by atoms with van der Waals surface area (Å²) >= 11 is 0. The Labute approximate surface area is 170 Å². The highest BCUT2D eigenvalue weighted by molar-refractivity contribution is 5.94. The molecule has 154 valence electrons. The summed E-state index contributed by atoms with van der Waals surface area (Å²) in [6.45, 7) is 5.92. The van der Waals surface area contributed by atoms with Crippen molar-refractivity contribution >= 4 is 18.0 Å². The quantitative estimate of drug-likeness (QED) is 0.715. The van der Waals surface area contributed by atoms with Gasteiger partial charge >= 0.3 is 12.2 Å². The van der Waals surface area contributed by atoms with Gasteiger partial charge in [-0.3, -0.25) is 14.6 Å². The molecule has 4 rings (SSSR count). The lowest BCUT2D eigenvalue weighted by Crippen LogP contribution is -2.65. The molecule has 2 fully saturated rings. The van der Waals surface area contributed by atoms with Crippen LogP contribution in [0.1, 0.15) is 39.2 Å². The van der Waals surface area contributed by atoms with Crippen molar-refractivity contribution < 1.29 is 23.9 Å². The lowest BCUT2D eigenvalue weighted by Gasteiger charge is -2.46. The summed E-state index contributed by atoms with van der Waals surface area (Å²) in [5.74, 6) is -0.0473. The van der Waals surface area contributed by atoms with E-state index in [1.165, 1.54) is 4.90 Å². The van der Waals surface area contributed by atoms with E-state index in [2.05, 4.69) is 0 Å². The van der Waals surface area contributed by atoms with Gasteiger partial charge in [0.2, 0.25) is 0 Å². The van der Waals surface area contributed by atoms with Crippen LogP contribution >= 0.6 is 0 Å². The smallest absolute Gasteiger partial charge is 0.411 e. The molecule has 3 atom stereocenters. The third-order valence-electron chi connectivity index (χ3n) is 5.67. The maximum atomic E-state index is 12.9. The fourth-order valence-electron chi connectivity index (χ4n) is 4.56. The van der Waals surface area contributed by atoms with Crippen molar-refractivity contribution in [2.24, 2.45) is 0 Å². The number of Topliss-reactive ketones (excluding diaryl/α,β-unsaturated/α-hetero) is 1. The second-order valence-corrected chi connectivity index (χ2v) is 8.82. The first-order chi connectivity index (χ1) is 13.7. The summed E-state index contributed by atoms with van der Waals surface area (Å²) in [4.78, 5) is 41.7.